The smallest absolute Gasteiger partial charge is 0.210 e. The Morgan fingerprint density at radius 3 is 2.53 bits per heavy atom. The normalized spacial score (nSPS) is 12.0. The first kappa shape index (κ1) is 20.5. The van der Waals surface area contributed by atoms with Gasteiger partial charge in [0.15, 0.2) is 10.1 Å². The summed E-state index contributed by atoms with van der Waals surface area (Å²) >= 11 is 2.87. The third kappa shape index (κ3) is 4.30. The highest BCUT2D eigenvalue weighted by atomic mass is 32.2. The third-order valence-corrected chi connectivity index (χ3v) is 7.30. The molecular formula is C25H20N4OS2. The predicted octanol–water partition coefficient (Wildman–Crippen LogP) is 6.79. The average molecular weight is 457 g/mol. The number of aromatic amines is 1. The van der Waals surface area contributed by atoms with Crippen molar-refractivity contribution < 1.29 is 4.79 Å². The minimum atomic E-state index is -0.421. The number of hydrogen-bond donors (Lipinski definition) is 2. The van der Waals surface area contributed by atoms with E-state index in [9.17, 15) is 4.79 Å². The molecule has 2 N–H and O–H groups in total. The van der Waals surface area contributed by atoms with E-state index in [1.807, 2.05) is 78.9 Å². The number of ketones is 1. The monoisotopic (exact) mass is 456 g/mol. The Morgan fingerprint density at radius 1 is 0.969 bits per heavy atom. The number of carbonyl (C=O) groups is 1. The van der Waals surface area contributed by atoms with Crippen LogP contribution in [0.2, 0.25) is 0 Å². The Labute approximate surface area is 193 Å². The van der Waals surface area contributed by atoms with Gasteiger partial charge in [0.1, 0.15) is 5.25 Å². The molecule has 0 spiro atoms. The van der Waals surface area contributed by atoms with Crippen LogP contribution >= 0.6 is 23.1 Å². The molecule has 0 unspecified atom stereocenters. The number of aryl methyl sites for hydroxylation is 1. The number of Topliss-reactive ketones (excluding diaryl/α,β-unsaturated/α-hetero) is 1. The Hall–Kier alpha value is -3.42. The van der Waals surface area contributed by atoms with Gasteiger partial charge < -0.3 is 10.3 Å². The minimum Gasteiger partial charge on any atom is -0.360 e. The summed E-state index contributed by atoms with van der Waals surface area (Å²) in [5, 5.41) is 13.1. The van der Waals surface area contributed by atoms with Crippen LogP contribution in [0.15, 0.2) is 89.4 Å². The molecule has 0 amide bonds. The predicted molar refractivity (Wildman–Crippen MR) is 132 cm³/mol. The number of rotatable bonds is 7. The zero-order valence-electron chi connectivity index (χ0n) is 17.3. The van der Waals surface area contributed by atoms with Crippen LogP contribution in [-0.4, -0.2) is 21.0 Å². The molecule has 0 aliphatic carbocycles. The van der Waals surface area contributed by atoms with E-state index in [4.69, 9.17) is 0 Å². The number of nitrogens with zero attached hydrogens (tertiary/aromatic N) is 2. The van der Waals surface area contributed by atoms with Crippen molar-refractivity contribution in [2.75, 3.05) is 5.32 Å². The first-order valence-electron chi connectivity index (χ1n) is 10.2. The lowest BCUT2D eigenvalue weighted by Crippen LogP contribution is -2.09. The minimum absolute atomic E-state index is 0.0434. The molecule has 0 saturated carbocycles. The van der Waals surface area contributed by atoms with Crippen LogP contribution in [0.3, 0.4) is 0 Å². The lowest BCUT2D eigenvalue weighted by Gasteiger charge is -2.14. The second-order valence-corrected chi connectivity index (χ2v) is 9.71. The number of anilines is 2. The number of thioether (sulfide) groups is 1. The highest BCUT2D eigenvalue weighted by Gasteiger charge is 2.27. The second kappa shape index (κ2) is 8.98. The Morgan fingerprint density at radius 2 is 1.72 bits per heavy atom. The van der Waals surface area contributed by atoms with E-state index >= 15 is 0 Å². The second-order valence-electron chi connectivity index (χ2n) is 7.38. The highest BCUT2D eigenvalue weighted by Crippen LogP contribution is 2.41. The summed E-state index contributed by atoms with van der Waals surface area (Å²) in [4.78, 5) is 16.9. The summed E-state index contributed by atoms with van der Waals surface area (Å²) in [5.74, 6) is 0.0434. The molecule has 3 aromatic carbocycles. The van der Waals surface area contributed by atoms with Crippen LogP contribution in [0, 0.1) is 6.92 Å². The number of carbonyl (C=O) groups excluding carboxylic acids is 1. The number of hydrogen-bond acceptors (Lipinski definition) is 6. The lowest BCUT2D eigenvalue weighted by atomic mass is 10.0. The largest absolute Gasteiger partial charge is 0.360 e. The molecule has 1 atom stereocenters. The Kier molecular flexibility index (Phi) is 5.75. The van der Waals surface area contributed by atoms with Gasteiger partial charge in [-0.05, 0) is 30.7 Å². The molecule has 7 heteroatoms. The molecule has 0 bridgehead atoms. The van der Waals surface area contributed by atoms with Crippen molar-refractivity contribution in [3.8, 4) is 0 Å². The molecule has 0 fully saturated rings. The maximum atomic E-state index is 13.7. The van der Waals surface area contributed by atoms with E-state index < -0.39 is 5.25 Å². The van der Waals surface area contributed by atoms with Gasteiger partial charge in [-0.25, -0.2) is 0 Å². The van der Waals surface area contributed by atoms with Crippen molar-refractivity contribution in [3.63, 3.8) is 0 Å². The van der Waals surface area contributed by atoms with Crippen LogP contribution in [0.1, 0.15) is 26.7 Å². The van der Waals surface area contributed by atoms with Crippen LogP contribution in [0.4, 0.5) is 10.8 Å². The van der Waals surface area contributed by atoms with Crippen LogP contribution in [-0.2, 0) is 0 Å². The van der Waals surface area contributed by atoms with Gasteiger partial charge in [0.05, 0.1) is 0 Å². The van der Waals surface area contributed by atoms with Crippen molar-refractivity contribution in [2.24, 2.45) is 0 Å². The number of H-pyrrole nitrogens is 1. The van der Waals surface area contributed by atoms with E-state index in [-0.39, 0.29) is 5.78 Å². The van der Waals surface area contributed by atoms with E-state index in [1.54, 1.807) is 6.20 Å². The SMILES string of the molecule is Cc1ccc(Nc2nnc(S[C@H](C(=O)c3c[nH]c4ccccc34)c3ccccc3)s2)cc1. The maximum Gasteiger partial charge on any atom is 0.210 e. The van der Waals surface area contributed by atoms with Gasteiger partial charge in [0.25, 0.3) is 0 Å². The number of nitrogens with one attached hydrogen (secondary N) is 2. The van der Waals surface area contributed by atoms with Crippen LogP contribution in [0.5, 0.6) is 0 Å². The van der Waals surface area contributed by atoms with Crippen molar-refractivity contribution in [1.82, 2.24) is 15.2 Å². The van der Waals surface area contributed by atoms with Gasteiger partial charge in [0, 0.05) is 28.4 Å². The Bertz CT molecular complexity index is 1360. The third-order valence-electron chi connectivity index (χ3n) is 5.12. The number of para-hydroxylation sites is 1. The van der Waals surface area contributed by atoms with E-state index in [0.717, 1.165) is 26.5 Å². The van der Waals surface area contributed by atoms with Crippen molar-refractivity contribution >= 4 is 50.6 Å². The zero-order chi connectivity index (χ0) is 21.9. The number of aromatic nitrogens is 3. The fourth-order valence-electron chi connectivity index (χ4n) is 3.49. The first-order valence-corrected chi connectivity index (χ1v) is 11.9. The van der Waals surface area contributed by atoms with Gasteiger partial charge in [-0.1, -0.05) is 89.3 Å². The molecule has 5 rings (SSSR count). The van der Waals surface area contributed by atoms with E-state index in [0.29, 0.717) is 10.7 Å². The molecule has 2 heterocycles. The molecule has 5 nitrogen and oxygen atoms in total. The molecule has 0 aliphatic rings. The average Bonchev–Trinajstić information content (AvgIpc) is 3.46. The van der Waals surface area contributed by atoms with Gasteiger partial charge in [-0.2, -0.15) is 0 Å². The van der Waals surface area contributed by atoms with Crippen LogP contribution in [0.25, 0.3) is 10.9 Å². The van der Waals surface area contributed by atoms with Crippen molar-refractivity contribution in [3.05, 3.63) is 102 Å². The molecule has 5 aromatic rings. The van der Waals surface area contributed by atoms with Gasteiger partial charge in [0.2, 0.25) is 5.13 Å². The van der Waals surface area contributed by atoms with Crippen LogP contribution < -0.4 is 5.32 Å². The van der Waals surface area contributed by atoms with Gasteiger partial charge >= 0.3 is 0 Å². The topological polar surface area (TPSA) is 70.7 Å². The number of fused-ring (bicyclic) bond motifs is 1. The van der Waals surface area contributed by atoms with Gasteiger partial charge in [-0.3, -0.25) is 4.79 Å². The first-order chi connectivity index (χ1) is 15.7. The summed E-state index contributed by atoms with van der Waals surface area (Å²) in [7, 11) is 0. The van der Waals surface area contributed by atoms with Crippen molar-refractivity contribution in [1.29, 1.82) is 0 Å². The quantitative estimate of drug-likeness (QED) is 0.208. The molecule has 32 heavy (non-hydrogen) atoms. The highest BCUT2D eigenvalue weighted by molar-refractivity contribution is 8.02. The zero-order valence-corrected chi connectivity index (χ0v) is 18.9. The van der Waals surface area contributed by atoms with E-state index in [1.165, 1.54) is 28.7 Å². The molecule has 0 radical (unpaired) electrons. The molecular weight excluding hydrogens is 436 g/mol. The lowest BCUT2D eigenvalue weighted by molar-refractivity contribution is 0.0991. The standard InChI is InChI=1S/C25H20N4OS2/c1-16-11-13-18(14-12-16)27-24-28-29-25(32-24)31-23(17-7-3-2-4-8-17)22(30)20-15-26-21-10-6-5-9-19(20)21/h2-15,23,26H,1H3,(H,27,28)/t23-/m0/s1. The fourth-order valence-corrected chi connectivity index (χ4v) is 5.52. The summed E-state index contributed by atoms with van der Waals surface area (Å²) in [6.07, 6.45) is 1.80. The summed E-state index contributed by atoms with van der Waals surface area (Å²) in [6, 6.07) is 25.8. The molecule has 0 aliphatic heterocycles. The summed E-state index contributed by atoms with van der Waals surface area (Å²) < 4.78 is 0.738. The van der Waals surface area contributed by atoms with E-state index in [2.05, 4.69) is 27.4 Å². The Balaban J connectivity index is 1.43. The summed E-state index contributed by atoms with van der Waals surface area (Å²) in [6.45, 7) is 2.05. The maximum absolute atomic E-state index is 13.7. The van der Waals surface area contributed by atoms with Crippen molar-refractivity contribution in [2.45, 2.75) is 16.5 Å². The molecule has 158 valence electrons. The molecule has 2 aromatic heterocycles. The summed E-state index contributed by atoms with van der Waals surface area (Å²) in [5.41, 5.74) is 4.73. The van der Waals surface area contributed by atoms with Gasteiger partial charge in [-0.15, -0.1) is 10.2 Å². The number of benzene rings is 3. The molecule has 0 saturated heterocycles. The fraction of sp³-hybridized carbons (Fsp3) is 0.0800.